The molecule has 2 heterocycles. The summed E-state index contributed by atoms with van der Waals surface area (Å²) in [6.45, 7) is 5.88. The second kappa shape index (κ2) is 9.51. The Morgan fingerprint density at radius 3 is 2.16 bits per heavy atom. The zero-order chi connectivity index (χ0) is 27.2. The van der Waals surface area contributed by atoms with E-state index in [2.05, 4.69) is 15.7 Å². The van der Waals surface area contributed by atoms with Crippen molar-refractivity contribution in [1.82, 2.24) is 15.1 Å². The number of alkyl halides is 6. The van der Waals surface area contributed by atoms with E-state index < -0.39 is 47.4 Å². The van der Waals surface area contributed by atoms with Crippen LogP contribution in [-0.2, 0) is 22.7 Å². The molecule has 1 unspecified atom stereocenters. The van der Waals surface area contributed by atoms with E-state index in [0.29, 0.717) is 11.3 Å². The van der Waals surface area contributed by atoms with Crippen LogP contribution in [0.3, 0.4) is 0 Å². The molecule has 3 aromatic rings. The Hall–Kier alpha value is -3.34. The van der Waals surface area contributed by atoms with Crippen LogP contribution >= 0.6 is 0 Å². The Balaban J connectivity index is 1.61. The lowest BCUT2D eigenvalue weighted by Gasteiger charge is -2.21. The molecule has 0 spiro atoms. The molecule has 198 valence electrons. The number of benzene rings is 2. The Bertz CT molecular complexity index is 1260. The third-order valence-corrected chi connectivity index (χ3v) is 6.32. The number of rotatable bonds is 4. The standard InChI is InChI=1S/C26H26F6N4O/c1-24(2,3)36-12-11-20(35-36)19-14-21(23(37)33-18-9-7-16(8-10-18)25(27,28)29)34-22(19)15-5-4-6-17(13-15)26(30,31)32/h4-13,19,21-22,34H,14H2,1-3H3,(H,33,37)/t19?,21-,22-/m0/s1. The molecular formula is C26H26F6N4O. The monoisotopic (exact) mass is 524 g/mol. The second-order valence-corrected chi connectivity index (χ2v) is 10.1. The summed E-state index contributed by atoms with van der Waals surface area (Å²) in [7, 11) is 0. The van der Waals surface area contributed by atoms with Crippen LogP contribution in [0.5, 0.6) is 0 Å². The molecule has 0 saturated carbocycles. The third-order valence-electron chi connectivity index (χ3n) is 6.32. The minimum absolute atomic E-state index is 0.177. The van der Waals surface area contributed by atoms with Crippen molar-refractivity contribution in [3.05, 3.63) is 83.2 Å². The van der Waals surface area contributed by atoms with Crippen molar-refractivity contribution in [3.8, 4) is 0 Å². The van der Waals surface area contributed by atoms with E-state index >= 15 is 0 Å². The molecule has 3 atom stereocenters. The van der Waals surface area contributed by atoms with Gasteiger partial charge in [-0.1, -0.05) is 12.1 Å². The summed E-state index contributed by atoms with van der Waals surface area (Å²) in [6, 6.07) is 9.30. The van der Waals surface area contributed by atoms with E-state index in [9.17, 15) is 31.1 Å². The fourth-order valence-corrected chi connectivity index (χ4v) is 4.38. The number of anilines is 1. The minimum Gasteiger partial charge on any atom is -0.325 e. The molecule has 1 saturated heterocycles. The Kier molecular flexibility index (Phi) is 6.87. The third kappa shape index (κ3) is 5.98. The number of carbonyl (C=O) groups excluding carboxylic acids is 1. The first-order valence-electron chi connectivity index (χ1n) is 11.6. The predicted octanol–water partition coefficient (Wildman–Crippen LogP) is 6.50. The highest BCUT2D eigenvalue weighted by Crippen LogP contribution is 2.42. The summed E-state index contributed by atoms with van der Waals surface area (Å²) in [4.78, 5) is 13.0. The van der Waals surface area contributed by atoms with E-state index in [0.717, 1.165) is 36.4 Å². The van der Waals surface area contributed by atoms with Crippen molar-refractivity contribution in [2.24, 2.45) is 0 Å². The van der Waals surface area contributed by atoms with Gasteiger partial charge in [0.1, 0.15) is 0 Å². The number of halogens is 6. The van der Waals surface area contributed by atoms with Crippen LogP contribution in [0.15, 0.2) is 60.8 Å². The van der Waals surface area contributed by atoms with Gasteiger partial charge in [0.25, 0.3) is 0 Å². The average molecular weight is 525 g/mol. The maximum absolute atomic E-state index is 13.4. The van der Waals surface area contributed by atoms with Gasteiger partial charge in [0.15, 0.2) is 0 Å². The molecular weight excluding hydrogens is 498 g/mol. The average Bonchev–Trinajstić information content (AvgIpc) is 3.46. The lowest BCUT2D eigenvalue weighted by atomic mass is 9.90. The van der Waals surface area contributed by atoms with Crippen LogP contribution in [0.2, 0.25) is 0 Å². The molecule has 5 nitrogen and oxygen atoms in total. The molecule has 37 heavy (non-hydrogen) atoms. The number of aromatic nitrogens is 2. The molecule has 1 aliphatic heterocycles. The molecule has 0 bridgehead atoms. The fraction of sp³-hybridized carbons (Fsp3) is 0.385. The summed E-state index contributed by atoms with van der Waals surface area (Å²) in [5, 5.41) is 10.4. The summed E-state index contributed by atoms with van der Waals surface area (Å²) < 4.78 is 80.4. The topological polar surface area (TPSA) is 59.0 Å². The Morgan fingerprint density at radius 2 is 1.59 bits per heavy atom. The summed E-state index contributed by atoms with van der Waals surface area (Å²) in [5.41, 5.74) is -0.817. The van der Waals surface area contributed by atoms with Gasteiger partial charge >= 0.3 is 12.4 Å². The van der Waals surface area contributed by atoms with Crippen LogP contribution in [0.4, 0.5) is 32.0 Å². The van der Waals surface area contributed by atoms with E-state index in [1.165, 1.54) is 6.07 Å². The fourth-order valence-electron chi connectivity index (χ4n) is 4.38. The smallest absolute Gasteiger partial charge is 0.325 e. The van der Waals surface area contributed by atoms with Gasteiger partial charge in [-0.15, -0.1) is 0 Å². The predicted molar refractivity (Wildman–Crippen MR) is 126 cm³/mol. The summed E-state index contributed by atoms with van der Waals surface area (Å²) in [6.07, 6.45) is -7.02. The maximum Gasteiger partial charge on any atom is 0.416 e. The largest absolute Gasteiger partial charge is 0.416 e. The van der Waals surface area contributed by atoms with Gasteiger partial charge in [0.2, 0.25) is 5.91 Å². The van der Waals surface area contributed by atoms with Crippen LogP contribution < -0.4 is 10.6 Å². The zero-order valence-corrected chi connectivity index (χ0v) is 20.3. The Morgan fingerprint density at radius 1 is 0.946 bits per heavy atom. The number of amides is 1. The van der Waals surface area contributed by atoms with Crippen LogP contribution in [0, 0.1) is 0 Å². The van der Waals surface area contributed by atoms with Gasteiger partial charge < -0.3 is 5.32 Å². The lowest BCUT2D eigenvalue weighted by Crippen LogP contribution is -2.36. The van der Waals surface area contributed by atoms with Gasteiger partial charge in [0, 0.05) is 23.8 Å². The molecule has 11 heteroatoms. The van der Waals surface area contributed by atoms with Crippen molar-refractivity contribution in [3.63, 3.8) is 0 Å². The second-order valence-electron chi connectivity index (χ2n) is 10.1. The SMILES string of the molecule is CC(C)(C)n1ccc(C2C[C@@H](C(=O)Nc3ccc(C(F)(F)F)cc3)N[C@H]2c2cccc(C(F)(F)F)c2)n1. The van der Waals surface area contributed by atoms with Crippen molar-refractivity contribution in [2.75, 3.05) is 5.32 Å². The van der Waals surface area contributed by atoms with E-state index in [-0.39, 0.29) is 17.6 Å². The number of nitrogens with zero attached hydrogens (tertiary/aromatic N) is 2. The molecule has 2 N–H and O–H groups in total. The highest BCUT2D eigenvalue weighted by Gasteiger charge is 2.41. The van der Waals surface area contributed by atoms with Crippen molar-refractivity contribution in [2.45, 2.75) is 63.1 Å². The molecule has 1 amide bonds. The maximum atomic E-state index is 13.4. The van der Waals surface area contributed by atoms with Crippen molar-refractivity contribution >= 4 is 11.6 Å². The number of nitrogens with one attached hydrogen (secondary N) is 2. The molecule has 1 aliphatic rings. The van der Waals surface area contributed by atoms with Gasteiger partial charge in [0.05, 0.1) is 28.4 Å². The highest BCUT2D eigenvalue weighted by atomic mass is 19.4. The van der Waals surface area contributed by atoms with Gasteiger partial charge in [-0.2, -0.15) is 31.4 Å². The molecule has 1 aromatic heterocycles. The first-order chi connectivity index (χ1) is 17.1. The van der Waals surface area contributed by atoms with E-state index in [4.69, 9.17) is 0 Å². The van der Waals surface area contributed by atoms with E-state index in [1.807, 2.05) is 20.8 Å². The lowest BCUT2D eigenvalue weighted by molar-refractivity contribution is -0.138. The molecule has 0 aliphatic carbocycles. The number of carbonyl (C=O) groups is 1. The number of hydrogen-bond acceptors (Lipinski definition) is 3. The van der Waals surface area contributed by atoms with Crippen molar-refractivity contribution < 1.29 is 31.1 Å². The minimum atomic E-state index is -4.53. The first-order valence-corrected chi connectivity index (χ1v) is 11.6. The van der Waals surface area contributed by atoms with Gasteiger partial charge in [-0.05, 0) is 75.2 Å². The molecule has 0 radical (unpaired) electrons. The summed E-state index contributed by atoms with van der Waals surface area (Å²) in [5.74, 6) is -0.926. The van der Waals surface area contributed by atoms with Crippen LogP contribution in [-0.4, -0.2) is 21.7 Å². The molecule has 4 rings (SSSR count). The molecule has 1 fully saturated rings. The highest BCUT2D eigenvalue weighted by molar-refractivity contribution is 5.95. The van der Waals surface area contributed by atoms with Crippen LogP contribution in [0.1, 0.15) is 61.5 Å². The first kappa shape index (κ1) is 26.7. The zero-order valence-electron chi connectivity index (χ0n) is 20.3. The molecule has 2 aromatic carbocycles. The number of hydrogen-bond donors (Lipinski definition) is 2. The van der Waals surface area contributed by atoms with E-state index in [1.54, 1.807) is 23.0 Å². The van der Waals surface area contributed by atoms with Gasteiger partial charge in [-0.25, -0.2) is 0 Å². The normalized spacial score (nSPS) is 20.7. The van der Waals surface area contributed by atoms with Crippen LogP contribution in [0.25, 0.3) is 0 Å². The Labute approximate surface area is 209 Å². The van der Waals surface area contributed by atoms with Crippen molar-refractivity contribution in [1.29, 1.82) is 0 Å². The quantitative estimate of drug-likeness (QED) is 0.383. The summed E-state index contributed by atoms with van der Waals surface area (Å²) >= 11 is 0. The van der Waals surface area contributed by atoms with Gasteiger partial charge in [-0.3, -0.25) is 14.8 Å².